The maximum absolute atomic E-state index is 12.4. The van der Waals surface area contributed by atoms with Gasteiger partial charge in [0.2, 0.25) is 0 Å². The molecule has 2 fully saturated rings. The SMILES string of the molecule is Cc1ccccc1CNC(=O)c1ccc(N2CCC3(CC2)OCCO3)cn1. The Bertz CT molecular complexity index is 791. The molecule has 2 aliphatic rings. The van der Waals surface area contributed by atoms with Gasteiger partial charge in [-0.05, 0) is 30.2 Å². The minimum absolute atomic E-state index is 0.157. The van der Waals surface area contributed by atoms with Crippen LogP contribution >= 0.6 is 0 Å². The molecule has 1 spiro atoms. The summed E-state index contributed by atoms with van der Waals surface area (Å²) in [5, 5.41) is 2.94. The molecule has 142 valence electrons. The van der Waals surface area contributed by atoms with Crippen LogP contribution in [0, 0.1) is 6.92 Å². The number of pyridine rings is 1. The average molecular weight is 367 g/mol. The largest absolute Gasteiger partial charge is 0.370 e. The maximum atomic E-state index is 12.4. The first-order valence-electron chi connectivity index (χ1n) is 9.47. The van der Waals surface area contributed by atoms with Crippen molar-refractivity contribution in [2.24, 2.45) is 0 Å². The quantitative estimate of drug-likeness (QED) is 0.900. The van der Waals surface area contributed by atoms with Gasteiger partial charge in [0.25, 0.3) is 5.91 Å². The fourth-order valence-corrected chi connectivity index (χ4v) is 3.67. The highest BCUT2D eigenvalue weighted by Crippen LogP contribution is 2.32. The first kappa shape index (κ1) is 17.9. The molecule has 3 heterocycles. The summed E-state index contributed by atoms with van der Waals surface area (Å²) in [7, 11) is 0. The van der Waals surface area contributed by atoms with Gasteiger partial charge >= 0.3 is 0 Å². The van der Waals surface area contributed by atoms with Gasteiger partial charge in [-0.3, -0.25) is 4.79 Å². The van der Waals surface area contributed by atoms with Gasteiger partial charge in [-0.2, -0.15) is 0 Å². The van der Waals surface area contributed by atoms with E-state index < -0.39 is 0 Å². The molecule has 1 aromatic carbocycles. The van der Waals surface area contributed by atoms with Gasteiger partial charge < -0.3 is 19.7 Å². The summed E-state index contributed by atoms with van der Waals surface area (Å²) in [5.41, 5.74) is 3.74. The fourth-order valence-electron chi connectivity index (χ4n) is 3.67. The lowest BCUT2D eigenvalue weighted by Crippen LogP contribution is -2.45. The van der Waals surface area contributed by atoms with Crippen LogP contribution in [0.15, 0.2) is 42.6 Å². The van der Waals surface area contributed by atoms with Crippen LogP contribution in [0.25, 0.3) is 0 Å². The summed E-state index contributed by atoms with van der Waals surface area (Å²) in [6.07, 6.45) is 3.48. The Hall–Kier alpha value is -2.44. The van der Waals surface area contributed by atoms with Gasteiger partial charge in [-0.15, -0.1) is 0 Å². The number of nitrogens with one attached hydrogen (secondary N) is 1. The molecule has 2 aromatic rings. The van der Waals surface area contributed by atoms with Gasteiger partial charge in [0.15, 0.2) is 5.79 Å². The van der Waals surface area contributed by atoms with Crippen molar-refractivity contribution in [1.29, 1.82) is 0 Å². The van der Waals surface area contributed by atoms with E-state index in [0.717, 1.165) is 37.2 Å². The smallest absolute Gasteiger partial charge is 0.270 e. The minimum Gasteiger partial charge on any atom is -0.370 e. The van der Waals surface area contributed by atoms with Crippen LogP contribution in [0.5, 0.6) is 0 Å². The summed E-state index contributed by atoms with van der Waals surface area (Å²) in [4.78, 5) is 19.0. The third-order valence-electron chi connectivity index (χ3n) is 5.39. The number of ether oxygens (including phenoxy) is 2. The standard InChI is InChI=1S/C21H25N3O3/c1-16-4-2-3-5-17(16)14-23-20(25)19-7-6-18(15-22-19)24-10-8-21(9-11-24)26-12-13-27-21/h2-7,15H,8-14H2,1H3,(H,23,25). The van der Waals surface area contributed by atoms with E-state index in [1.165, 1.54) is 5.56 Å². The van der Waals surface area contributed by atoms with Gasteiger partial charge in [0.1, 0.15) is 5.69 Å². The monoisotopic (exact) mass is 367 g/mol. The molecule has 27 heavy (non-hydrogen) atoms. The Morgan fingerprint density at radius 1 is 1.15 bits per heavy atom. The van der Waals surface area contributed by atoms with Crippen molar-refractivity contribution in [1.82, 2.24) is 10.3 Å². The van der Waals surface area contributed by atoms with Crippen LogP contribution in [-0.2, 0) is 16.0 Å². The van der Waals surface area contributed by atoms with Crippen molar-refractivity contribution in [3.63, 3.8) is 0 Å². The van der Waals surface area contributed by atoms with Gasteiger partial charge in [-0.25, -0.2) is 4.98 Å². The number of nitrogens with zero attached hydrogens (tertiary/aromatic N) is 2. The Morgan fingerprint density at radius 2 is 1.89 bits per heavy atom. The summed E-state index contributed by atoms with van der Waals surface area (Å²) in [5.74, 6) is -0.533. The number of amides is 1. The Kier molecular flexibility index (Phi) is 5.09. The highest BCUT2D eigenvalue weighted by molar-refractivity contribution is 5.92. The zero-order chi connectivity index (χ0) is 18.7. The van der Waals surface area contributed by atoms with Gasteiger partial charge in [-0.1, -0.05) is 24.3 Å². The molecule has 2 aliphatic heterocycles. The van der Waals surface area contributed by atoms with Gasteiger partial charge in [0, 0.05) is 32.5 Å². The molecule has 4 rings (SSSR count). The lowest BCUT2D eigenvalue weighted by atomic mass is 10.0. The van der Waals surface area contributed by atoms with E-state index in [0.29, 0.717) is 25.5 Å². The zero-order valence-electron chi connectivity index (χ0n) is 15.6. The number of anilines is 1. The number of aryl methyl sites for hydroxylation is 1. The number of piperidine rings is 1. The molecule has 0 atom stereocenters. The van der Waals surface area contributed by atoms with Crippen LogP contribution in [0.2, 0.25) is 0 Å². The molecule has 2 saturated heterocycles. The average Bonchev–Trinajstić information content (AvgIpc) is 3.16. The predicted octanol–water partition coefficient (Wildman–Crippen LogP) is 2.66. The van der Waals surface area contributed by atoms with Crippen LogP contribution in [0.4, 0.5) is 5.69 Å². The third kappa shape index (κ3) is 3.96. The van der Waals surface area contributed by atoms with E-state index in [1.807, 2.05) is 37.3 Å². The summed E-state index contributed by atoms with van der Waals surface area (Å²) in [6, 6.07) is 11.8. The Balaban J connectivity index is 1.33. The predicted molar refractivity (Wildman–Crippen MR) is 103 cm³/mol. The molecule has 1 amide bonds. The number of aromatic nitrogens is 1. The second-order valence-corrected chi connectivity index (χ2v) is 7.11. The highest BCUT2D eigenvalue weighted by Gasteiger charge is 2.39. The number of hydrogen-bond donors (Lipinski definition) is 1. The fraction of sp³-hybridized carbons (Fsp3) is 0.429. The topological polar surface area (TPSA) is 63.7 Å². The highest BCUT2D eigenvalue weighted by atomic mass is 16.7. The molecule has 0 bridgehead atoms. The van der Waals surface area contributed by atoms with Crippen molar-refractivity contribution in [2.45, 2.75) is 32.1 Å². The van der Waals surface area contributed by atoms with E-state index in [-0.39, 0.29) is 11.7 Å². The molecule has 6 nitrogen and oxygen atoms in total. The number of carbonyl (C=O) groups is 1. The number of benzene rings is 1. The number of hydrogen-bond acceptors (Lipinski definition) is 5. The van der Waals surface area contributed by atoms with Crippen molar-refractivity contribution in [2.75, 3.05) is 31.2 Å². The molecule has 0 radical (unpaired) electrons. The molecule has 0 aliphatic carbocycles. The summed E-state index contributed by atoms with van der Waals surface area (Å²) >= 11 is 0. The van der Waals surface area contributed by atoms with Crippen molar-refractivity contribution < 1.29 is 14.3 Å². The zero-order valence-corrected chi connectivity index (χ0v) is 15.6. The Labute approximate surface area is 159 Å². The molecule has 1 N–H and O–H groups in total. The van der Waals surface area contributed by atoms with E-state index in [4.69, 9.17) is 9.47 Å². The van der Waals surface area contributed by atoms with Crippen LogP contribution in [-0.4, -0.2) is 43.0 Å². The van der Waals surface area contributed by atoms with Crippen LogP contribution in [0.3, 0.4) is 0 Å². The molecule has 0 saturated carbocycles. The molecule has 1 aromatic heterocycles. The molecule has 6 heteroatoms. The van der Waals surface area contributed by atoms with Crippen LogP contribution in [0.1, 0.15) is 34.5 Å². The van der Waals surface area contributed by atoms with E-state index in [9.17, 15) is 4.79 Å². The van der Waals surface area contributed by atoms with Crippen molar-refractivity contribution in [3.05, 3.63) is 59.4 Å². The first-order chi connectivity index (χ1) is 13.2. The molecular weight excluding hydrogens is 342 g/mol. The number of rotatable bonds is 4. The molecule has 0 unspecified atom stereocenters. The van der Waals surface area contributed by atoms with E-state index >= 15 is 0 Å². The van der Waals surface area contributed by atoms with Crippen molar-refractivity contribution in [3.8, 4) is 0 Å². The lowest BCUT2D eigenvalue weighted by molar-refractivity contribution is -0.169. The second-order valence-electron chi connectivity index (χ2n) is 7.11. The minimum atomic E-state index is -0.376. The summed E-state index contributed by atoms with van der Waals surface area (Å²) in [6.45, 7) is 5.64. The van der Waals surface area contributed by atoms with Gasteiger partial charge in [0.05, 0.1) is 25.1 Å². The van der Waals surface area contributed by atoms with E-state index in [1.54, 1.807) is 12.3 Å². The first-order valence-corrected chi connectivity index (χ1v) is 9.47. The number of carbonyl (C=O) groups excluding carboxylic acids is 1. The maximum Gasteiger partial charge on any atom is 0.270 e. The Morgan fingerprint density at radius 3 is 2.56 bits per heavy atom. The lowest BCUT2D eigenvalue weighted by Gasteiger charge is -2.38. The van der Waals surface area contributed by atoms with Crippen molar-refractivity contribution >= 4 is 11.6 Å². The molecular formula is C21H25N3O3. The van der Waals surface area contributed by atoms with E-state index in [2.05, 4.69) is 15.2 Å². The summed E-state index contributed by atoms with van der Waals surface area (Å²) < 4.78 is 11.5. The second kappa shape index (κ2) is 7.66. The van der Waals surface area contributed by atoms with Crippen LogP contribution < -0.4 is 10.2 Å². The third-order valence-corrected chi connectivity index (χ3v) is 5.39. The normalized spacial score (nSPS) is 18.6.